The highest BCUT2D eigenvalue weighted by atomic mass is 32.1. The molecule has 0 atom stereocenters. The molecular formula is C20H16FNO5S. The van der Waals surface area contributed by atoms with Crippen LogP contribution in [0.25, 0.3) is 10.6 Å². The zero-order valence-corrected chi connectivity index (χ0v) is 15.9. The lowest BCUT2D eigenvalue weighted by molar-refractivity contribution is -0.133. The molecular weight excluding hydrogens is 385 g/mol. The zero-order chi connectivity index (χ0) is 20.1. The van der Waals surface area contributed by atoms with Gasteiger partial charge in [-0.3, -0.25) is 4.79 Å². The second kappa shape index (κ2) is 8.62. The van der Waals surface area contributed by atoms with Crippen LogP contribution < -0.4 is 9.47 Å². The number of carbonyl (C=O) groups is 2. The van der Waals surface area contributed by atoms with Crippen molar-refractivity contribution >= 4 is 23.3 Å². The molecule has 0 aliphatic heterocycles. The Balaban J connectivity index is 1.70. The lowest BCUT2D eigenvalue weighted by Gasteiger charge is -2.10. The average Bonchev–Trinajstić information content (AvgIpc) is 3.16. The largest absolute Gasteiger partial charge is 0.493 e. The number of nitrogens with zero attached hydrogens (tertiary/aromatic N) is 1. The van der Waals surface area contributed by atoms with Crippen molar-refractivity contribution < 1.29 is 28.2 Å². The van der Waals surface area contributed by atoms with Crippen LogP contribution in [0.1, 0.15) is 16.1 Å². The van der Waals surface area contributed by atoms with Gasteiger partial charge in [0.25, 0.3) is 0 Å². The molecule has 28 heavy (non-hydrogen) atoms. The third-order valence-electron chi connectivity index (χ3n) is 3.76. The number of thiazole rings is 1. The number of benzene rings is 2. The van der Waals surface area contributed by atoms with E-state index in [1.165, 1.54) is 55.9 Å². The van der Waals surface area contributed by atoms with Crippen molar-refractivity contribution in [3.63, 3.8) is 0 Å². The maximum Gasteiger partial charge on any atom is 0.337 e. The fourth-order valence-electron chi connectivity index (χ4n) is 2.45. The summed E-state index contributed by atoms with van der Waals surface area (Å²) in [5.41, 5.74) is 1.43. The molecule has 0 N–H and O–H groups in total. The molecule has 1 heterocycles. The molecule has 0 radical (unpaired) electrons. The second-order valence-corrected chi connectivity index (χ2v) is 6.52. The van der Waals surface area contributed by atoms with E-state index in [1.54, 1.807) is 17.5 Å². The van der Waals surface area contributed by atoms with Gasteiger partial charge in [0.1, 0.15) is 10.8 Å². The van der Waals surface area contributed by atoms with Crippen LogP contribution in [-0.2, 0) is 16.0 Å². The minimum absolute atomic E-state index is 0.0618. The van der Waals surface area contributed by atoms with E-state index in [9.17, 15) is 14.0 Å². The van der Waals surface area contributed by atoms with Gasteiger partial charge in [-0.05, 0) is 30.3 Å². The molecule has 0 aliphatic rings. The molecule has 0 aliphatic carbocycles. The van der Waals surface area contributed by atoms with Crippen LogP contribution in [0.5, 0.6) is 11.5 Å². The SMILES string of the molecule is COC(=O)c1ccc(OC(=O)Cc2csc(-c3cccc(F)c3)n2)c(OC)c1. The molecule has 3 rings (SSSR count). The Bertz CT molecular complexity index is 1020. The summed E-state index contributed by atoms with van der Waals surface area (Å²) >= 11 is 1.31. The van der Waals surface area contributed by atoms with Crippen molar-refractivity contribution in [2.45, 2.75) is 6.42 Å². The number of carbonyl (C=O) groups excluding carboxylic acids is 2. The van der Waals surface area contributed by atoms with Gasteiger partial charge < -0.3 is 14.2 Å². The minimum atomic E-state index is -0.541. The third-order valence-corrected chi connectivity index (χ3v) is 4.70. The van der Waals surface area contributed by atoms with E-state index in [-0.39, 0.29) is 29.3 Å². The predicted octanol–water partition coefficient (Wildman–Crippen LogP) is 3.89. The van der Waals surface area contributed by atoms with Gasteiger partial charge in [-0.1, -0.05) is 12.1 Å². The Morgan fingerprint density at radius 1 is 1.11 bits per heavy atom. The van der Waals surface area contributed by atoms with Crippen LogP contribution in [-0.4, -0.2) is 31.1 Å². The van der Waals surface area contributed by atoms with Gasteiger partial charge in [0.05, 0.1) is 31.9 Å². The number of hydrogen-bond acceptors (Lipinski definition) is 7. The fraction of sp³-hybridized carbons (Fsp3) is 0.150. The number of hydrogen-bond donors (Lipinski definition) is 0. The molecule has 0 bridgehead atoms. The van der Waals surface area contributed by atoms with Crippen LogP contribution in [0.3, 0.4) is 0 Å². The van der Waals surface area contributed by atoms with Crippen LogP contribution in [0, 0.1) is 5.82 Å². The molecule has 6 nitrogen and oxygen atoms in total. The third kappa shape index (κ3) is 4.52. The summed E-state index contributed by atoms with van der Waals surface area (Å²) in [6, 6.07) is 10.5. The van der Waals surface area contributed by atoms with Crippen molar-refractivity contribution in [1.82, 2.24) is 4.98 Å². The molecule has 8 heteroatoms. The molecule has 0 unspecified atom stereocenters. The minimum Gasteiger partial charge on any atom is -0.493 e. The highest BCUT2D eigenvalue weighted by Crippen LogP contribution is 2.29. The van der Waals surface area contributed by atoms with Gasteiger partial charge in [0.15, 0.2) is 11.5 Å². The molecule has 0 saturated carbocycles. The van der Waals surface area contributed by atoms with Crippen molar-refractivity contribution in [2.75, 3.05) is 14.2 Å². The first-order chi connectivity index (χ1) is 13.5. The first kappa shape index (κ1) is 19.5. The summed E-state index contributed by atoms with van der Waals surface area (Å²) in [4.78, 5) is 28.2. The normalized spacial score (nSPS) is 10.4. The van der Waals surface area contributed by atoms with E-state index >= 15 is 0 Å². The molecule has 0 amide bonds. The molecule has 2 aromatic carbocycles. The monoisotopic (exact) mass is 401 g/mol. The van der Waals surface area contributed by atoms with Gasteiger partial charge >= 0.3 is 11.9 Å². The first-order valence-electron chi connectivity index (χ1n) is 8.17. The maximum absolute atomic E-state index is 13.3. The van der Waals surface area contributed by atoms with E-state index < -0.39 is 11.9 Å². The molecule has 144 valence electrons. The van der Waals surface area contributed by atoms with E-state index in [4.69, 9.17) is 9.47 Å². The molecule has 0 fully saturated rings. The van der Waals surface area contributed by atoms with Gasteiger partial charge in [-0.15, -0.1) is 11.3 Å². The summed E-state index contributed by atoms with van der Waals surface area (Å²) in [6.07, 6.45) is -0.0618. The Hall–Kier alpha value is -3.26. The van der Waals surface area contributed by atoms with Gasteiger partial charge in [0.2, 0.25) is 0 Å². The summed E-state index contributed by atoms with van der Waals surface area (Å²) in [5, 5.41) is 2.33. The van der Waals surface area contributed by atoms with Crippen LogP contribution in [0.4, 0.5) is 4.39 Å². The quantitative estimate of drug-likeness (QED) is 0.461. The van der Waals surface area contributed by atoms with E-state index in [0.717, 1.165) is 0 Å². The summed E-state index contributed by atoms with van der Waals surface area (Å²) in [7, 11) is 2.67. The highest BCUT2D eigenvalue weighted by molar-refractivity contribution is 7.13. The fourth-order valence-corrected chi connectivity index (χ4v) is 3.26. The lowest BCUT2D eigenvalue weighted by Crippen LogP contribution is -2.12. The topological polar surface area (TPSA) is 74.7 Å². The van der Waals surface area contributed by atoms with E-state index in [0.29, 0.717) is 16.3 Å². The Labute approximate surface area is 164 Å². The lowest BCUT2D eigenvalue weighted by atomic mass is 10.2. The van der Waals surface area contributed by atoms with Crippen LogP contribution in [0.2, 0.25) is 0 Å². The number of aromatic nitrogens is 1. The van der Waals surface area contributed by atoms with E-state index in [2.05, 4.69) is 9.72 Å². The summed E-state index contributed by atoms with van der Waals surface area (Å²) in [5.74, 6) is -1.00. The maximum atomic E-state index is 13.3. The Kier molecular flexibility index (Phi) is 6.00. The summed E-state index contributed by atoms with van der Waals surface area (Å²) < 4.78 is 28.5. The van der Waals surface area contributed by atoms with Crippen molar-refractivity contribution in [3.8, 4) is 22.1 Å². The zero-order valence-electron chi connectivity index (χ0n) is 15.1. The van der Waals surface area contributed by atoms with Crippen LogP contribution in [0.15, 0.2) is 47.8 Å². The molecule has 0 saturated heterocycles. The van der Waals surface area contributed by atoms with Gasteiger partial charge in [-0.25, -0.2) is 14.2 Å². The van der Waals surface area contributed by atoms with Crippen molar-refractivity contribution in [1.29, 1.82) is 0 Å². The Morgan fingerprint density at radius 3 is 2.64 bits per heavy atom. The van der Waals surface area contributed by atoms with Gasteiger partial charge in [-0.2, -0.15) is 0 Å². The number of esters is 2. The van der Waals surface area contributed by atoms with E-state index in [1.807, 2.05) is 0 Å². The van der Waals surface area contributed by atoms with Crippen LogP contribution >= 0.6 is 11.3 Å². The smallest absolute Gasteiger partial charge is 0.337 e. The van der Waals surface area contributed by atoms with Crippen molar-refractivity contribution in [2.24, 2.45) is 0 Å². The predicted molar refractivity (Wildman–Crippen MR) is 101 cm³/mol. The molecule has 1 aromatic heterocycles. The molecule has 0 spiro atoms. The average molecular weight is 401 g/mol. The number of halogens is 1. The first-order valence-corrected chi connectivity index (χ1v) is 9.05. The standard InChI is InChI=1S/C20H16FNO5S/c1-25-17-9-13(20(24)26-2)6-7-16(17)27-18(23)10-15-11-28-19(22-15)12-4-3-5-14(21)8-12/h3-9,11H,10H2,1-2H3. The van der Waals surface area contributed by atoms with Crippen molar-refractivity contribution in [3.05, 3.63) is 64.9 Å². The second-order valence-electron chi connectivity index (χ2n) is 5.66. The highest BCUT2D eigenvalue weighted by Gasteiger charge is 2.16. The summed E-state index contributed by atoms with van der Waals surface area (Å²) in [6.45, 7) is 0. The molecule has 3 aromatic rings. The Morgan fingerprint density at radius 2 is 1.93 bits per heavy atom. The number of methoxy groups -OCH3 is 2. The number of rotatable bonds is 6. The van der Waals surface area contributed by atoms with Gasteiger partial charge in [0, 0.05) is 10.9 Å². The number of ether oxygens (including phenoxy) is 3.